The molecule has 0 bridgehead atoms. The molecule has 2 heterocycles. The summed E-state index contributed by atoms with van der Waals surface area (Å²) in [5.74, 6) is -0.867. The first-order valence-electron chi connectivity index (χ1n) is 9.98. The first-order chi connectivity index (χ1) is 15.4. The molecular formula is C22H23ClN4O5. The van der Waals surface area contributed by atoms with Gasteiger partial charge >= 0.3 is 0 Å². The van der Waals surface area contributed by atoms with Gasteiger partial charge in [0.2, 0.25) is 17.6 Å². The summed E-state index contributed by atoms with van der Waals surface area (Å²) in [7, 11) is 1.59. The summed E-state index contributed by atoms with van der Waals surface area (Å²) in [6, 6.07) is 10.1. The van der Waals surface area contributed by atoms with Crippen LogP contribution in [0.1, 0.15) is 29.8 Å². The van der Waals surface area contributed by atoms with Crippen LogP contribution in [0, 0.1) is 0 Å². The molecule has 9 nitrogen and oxygen atoms in total. The number of aliphatic hydroxyl groups excluding tert-OH is 1. The van der Waals surface area contributed by atoms with E-state index in [9.17, 15) is 14.4 Å². The van der Waals surface area contributed by atoms with E-state index >= 15 is 0 Å². The lowest BCUT2D eigenvalue weighted by Crippen LogP contribution is -2.29. The number of nitrogens with one attached hydrogen (secondary N) is 2. The molecule has 0 saturated carbocycles. The lowest BCUT2D eigenvalue weighted by Gasteiger charge is -2.15. The van der Waals surface area contributed by atoms with Crippen LogP contribution in [0.5, 0.6) is 0 Å². The van der Waals surface area contributed by atoms with Crippen LogP contribution in [0.25, 0.3) is 11.0 Å². The number of furan rings is 1. The van der Waals surface area contributed by atoms with Crippen molar-refractivity contribution in [1.82, 2.24) is 9.88 Å². The predicted molar refractivity (Wildman–Crippen MR) is 121 cm³/mol. The maximum absolute atomic E-state index is 12.8. The Labute approximate surface area is 189 Å². The first kappa shape index (κ1) is 23.2. The van der Waals surface area contributed by atoms with Gasteiger partial charge in [0.05, 0.1) is 11.6 Å². The molecule has 168 valence electrons. The molecule has 0 aliphatic rings. The Morgan fingerprint density at radius 3 is 2.62 bits per heavy atom. The Kier molecular flexibility index (Phi) is 7.80. The first-order valence-corrected chi connectivity index (χ1v) is 10.4. The summed E-state index contributed by atoms with van der Waals surface area (Å²) < 4.78 is 5.69. The number of likely N-dealkylation sites (N-methyl/N-ethyl adjacent to an activating group) is 1. The minimum atomic E-state index is -0.577. The fraction of sp³-hybridized carbons (Fsp3) is 0.273. The number of aromatic nitrogens is 1. The maximum atomic E-state index is 12.8. The maximum Gasteiger partial charge on any atom is 0.294 e. The molecule has 10 heteroatoms. The average molecular weight is 459 g/mol. The molecule has 2 aromatic heterocycles. The van der Waals surface area contributed by atoms with E-state index in [1.54, 1.807) is 43.4 Å². The zero-order chi connectivity index (χ0) is 23.1. The molecule has 0 saturated heterocycles. The second-order valence-electron chi connectivity index (χ2n) is 7.06. The summed E-state index contributed by atoms with van der Waals surface area (Å²) in [5.41, 5.74) is 0.693. The number of rotatable bonds is 9. The van der Waals surface area contributed by atoms with Crippen molar-refractivity contribution in [3.8, 4) is 0 Å². The van der Waals surface area contributed by atoms with Crippen LogP contribution in [0.4, 0.5) is 11.5 Å². The zero-order valence-electron chi connectivity index (χ0n) is 17.4. The molecule has 3 rings (SSSR count). The fourth-order valence-corrected chi connectivity index (χ4v) is 3.13. The van der Waals surface area contributed by atoms with E-state index in [1.165, 1.54) is 11.1 Å². The van der Waals surface area contributed by atoms with Crippen LogP contribution in [-0.2, 0) is 9.59 Å². The second kappa shape index (κ2) is 10.7. The molecule has 3 amide bonds. The number of aliphatic hydroxyl groups is 1. The van der Waals surface area contributed by atoms with Crippen molar-refractivity contribution in [3.05, 3.63) is 53.4 Å². The predicted octanol–water partition coefficient (Wildman–Crippen LogP) is 3.29. The number of fused-ring (bicyclic) bond motifs is 1. The van der Waals surface area contributed by atoms with Crippen molar-refractivity contribution in [2.75, 3.05) is 30.8 Å². The van der Waals surface area contributed by atoms with E-state index in [0.29, 0.717) is 22.4 Å². The van der Waals surface area contributed by atoms with Gasteiger partial charge in [-0.15, -0.1) is 0 Å². The van der Waals surface area contributed by atoms with Crippen molar-refractivity contribution < 1.29 is 23.9 Å². The van der Waals surface area contributed by atoms with Crippen LogP contribution >= 0.6 is 11.6 Å². The van der Waals surface area contributed by atoms with E-state index < -0.39 is 5.91 Å². The minimum absolute atomic E-state index is 0.0601. The molecule has 0 fully saturated rings. The van der Waals surface area contributed by atoms with Crippen molar-refractivity contribution in [3.63, 3.8) is 0 Å². The number of carbonyl (C=O) groups is 3. The summed E-state index contributed by atoms with van der Waals surface area (Å²) in [6.45, 7) is 0.125. The summed E-state index contributed by atoms with van der Waals surface area (Å²) in [5, 5.41) is 15.3. The fourth-order valence-electron chi connectivity index (χ4n) is 3.02. The van der Waals surface area contributed by atoms with Gasteiger partial charge < -0.3 is 25.1 Å². The monoisotopic (exact) mass is 458 g/mol. The van der Waals surface area contributed by atoms with E-state index in [4.69, 9.17) is 21.1 Å². The van der Waals surface area contributed by atoms with E-state index in [2.05, 4.69) is 15.6 Å². The van der Waals surface area contributed by atoms with Crippen LogP contribution < -0.4 is 10.6 Å². The Bertz CT molecular complexity index is 1110. The third-order valence-corrected chi connectivity index (χ3v) is 4.91. The van der Waals surface area contributed by atoms with Crippen LogP contribution in [0.15, 0.2) is 47.0 Å². The van der Waals surface area contributed by atoms with Crippen LogP contribution in [0.2, 0.25) is 5.02 Å². The lowest BCUT2D eigenvalue weighted by atomic mass is 10.2. The van der Waals surface area contributed by atoms with E-state index in [1.807, 2.05) is 0 Å². The van der Waals surface area contributed by atoms with Crippen LogP contribution in [0.3, 0.4) is 0 Å². The highest BCUT2D eigenvalue weighted by atomic mass is 35.5. The Morgan fingerprint density at radius 1 is 1.12 bits per heavy atom. The highest BCUT2D eigenvalue weighted by Gasteiger charge is 2.22. The molecule has 0 spiro atoms. The third-order valence-electron chi connectivity index (χ3n) is 4.69. The summed E-state index contributed by atoms with van der Waals surface area (Å²) >= 11 is 5.82. The number of hydrogen-bond acceptors (Lipinski definition) is 6. The molecule has 0 unspecified atom stereocenters. The average Bonchev–Trinajstić information content (AvgIpc) is 3.14. The molecule has 0 atom stereocenters. The number of pyridine rings is 1. The second-order valence-corrected chi connectivity index (χ2v) is 7.50. The number of hydrogen-bond donors (Lipinski definition) is 3. The highest BCUT2D eigenvalue weighted by Crippen LogP contribution is 2.31. The quantitative estimate of drug-likeness (QED) is 0.452. The molecule has 0 radical (unpaired) electrons. The van der Waals surface area contributed by atoms with Gasteiger partial charge in [-0.05, 0) is 30.7 Å². The van der Waals surface area contributed by atoms with Gasteiger partial charge in [0, 0.05) is 38.0 Å². The van der Waals surface area contributed by atoms with Gasteiger partial charge in [-0.2, -0.15) is 0 Å². The van der Waals surface area contributed by atoms with Gasteiger partial charge in [0.25, 0.3) is 5.91 Å². The summed E-state index contributed by atoms with van der Waals surface area (Å²) in [6.07, 6.45) is 1.98. The molecule has 0 aliphatic heterocycles. The van der Waals surface area contributed by atoms with Gasteiger partial charge in [-0.1, -0.05) is 23.7 Å². The third kappa shape index (κ3) is 5.83. The van der Waals surface area contributed by atoms with Gasteiger partial charge in [0.15, 0.2) is 0 Å². The van der Waals surface area contributed by atoms with Gasteiger partial charge in [-0.3, -0.25) is 14.4 Å². The SMILES string of the molecule is CN(CCO)C(=O)CCCC(=O)Nc1c(C(=O)Nc2ccc(Cl)cn2)oc2ccccc12. The Morgan fingerprint density at radius 2 is 1.91 bits per heavy atom. The molecule has 0 aliphatic carbocycles. The molecule has 32 heavy (non-hydrogen) atoms. The smallest absolute Gasteiger partial charge is 0.294 e. The van der Waals surface area contributed by atoms with E-state index in [0.717, 1.165) is 0 Å². The zero-order valence-corrected chi connectivity index (χ0v) is 18.2. The summed E-state index contributed by atoms with van der Waals surface area (Å²) in [4.78, 5) is 42.7. The van der Waals surface area contributed by atoms with Crippen LogP contribution in [-0.4, -0.2) is 52.9 Å². The number of anilines is 2. The number of halogens is 1. The molecule has 3 N–H and O–H groups in total. The number of nitrogens with zero attached hydrogens (tertiary/aromatic N) is 2. The number of para-hydroxylation sites is 1. The van der Waals surface area contributed by atoms with Crippen molar-refractivity contribution in [1.29, 1.82) is 0 Å². The van der Waals surface area contributed by atoms with Gasteiger partial charge in [0.1, 0.15) is 17.1 Å². The topological polar surface area (TPSA) is 125 Å². The van der Waals surface area contributed by atoms with Crippen molar-refractivity contribution >= 4 is 51.8 Å². The largest absolute Gasteiger partial charge is 0.449 e. The van der Waals surface area contributed by atoms with E-state index in [-0.39, 0.29) is 55.1 Å². The normalized spacial score (nSPS) is 10.7. The lowest BCUT2D eigenvalue weighted by molar-refractivity contribution is -0.130. The standard InChI is InChI=1S/C22H23ClN4O5/c1-27(11-12-28)19(30)8-4-7-18(29)26-20-15-5-2-3-6-16(15)32-21(20)22(31)25-17-10-9-14(23)13-24-17/h2-3,5-6,9-10,13,28H,4,7-8,11-12H2,1H3,(H,26,29)(H,24,25,31). The minimum Gasteiger partial charge on any atom is -0.449 e. The highest BCUT2D eigenvalue weighted by molar-refractivity contribution is 6.30. The number of amides is 3. The molecule has 1 aromatic carbocycles. The number of benzene rings is 1. The van der Waals surface area contributed by atoms with Crippen molar-refractivity contribution in [2.24, 2.45) is 0 Å². The molecule has 3 aromatic rings. The molecular weight excluding hydrogens is 436 g/mol. The number of carbonyl (C=O) groups excluding carboxylic acids is 3. The van der Waals surface area contributed by atoms with Gasteiger partial charge in [-0.25, -0.2) is 4.98 Å². The Balaban J connectivity index is 1.71. The Hall–Kier alpha value is -3.43. The van der Waals surface area contributed by atoms with Crippen molar-refractivity contribution in [2.45, 2.75) is 19.3 Å².